The first kappa shape index (κ1) is 25.4. The smallest absolute Gasteiger partial charge is 0.161 e. The number of ether oxygens (including phenoxy) is 3. The molecule has 0 saturated carbocycles. The Morgan fingerprint density at radius 1 is 0.892 bits per heavy atom. The van der Waals surface area contributed by atoms with Gasteiger partial charge in [-0.3, -0.25) is 4.90 Å². The van der Waals surface area contributed by atoms with Crippen LogP contribution in [-0.2, 0) is 19.6 Å². The van der Waals surface area contributed by atoms with Gasteiger partial charge in [0.15, 0.2) is 11.5 Å². The maximum Gasteiger partial charge on any atom is 0.161 e. The molecule has 5 nitrogen and oxygen atoms in total. The Morgan fingerprint density at radius 3 is 2.49 bits per heavy atom. The largest absolute Gasteiger partial charge is 0.496 e. The van der Waals surface area contributed by atoms with Crippen molar-refractivity contribution in [1.29, 1.82) is 0 Å². The van der Waals surface area contributed by atoms with Crippen LogP contribution in [0.5, 0.6) is 17.2 Å². The van der Waals surface area contributed by atoms with Crippen molar-refractivity contribution in [2.45, 2.75) is 44.9 Å². The molecule has 194 valence electrons. The third-order valence-corrected chi connectivity index (χ3v) is 7.38. The predicted molar refractivity (Wildman–Crippen MR) is 149 cm³/mol. The highest BCUT2D eigenvalue weighted by Gasteiger charge is 2.21. The van der Waals surface area contributed by atoms with E-state index >= 15 is 0 Å². The molecule has 1 saturated heterocycles. The fraction of sp³-hybridized carbons (Fsp3) is 0.375. The van der Waals surface area contributed by atoms with E-state index < -0.39 is 0 Å². The van der Waals surface area contributed by atoms with Crippen LogP contribution >= 0.6 is 0 Å². The molecule has 2 heterocycles. The average molecular weight is 499 g/mol. The fourth-order valence-corrected chi connectivity index (χ4v) is 5.37. The molecule has 1 unspecified atom stereocenters. The van der Waals surface area contributed by atoms with Crippen LogP contribution in [0.4, 0.5) is 0 Å². The third kappa shape index (κ3) is 6.35. The molecule has 3 aromatic carbocycles. The van der Waals surface area contributed by atoms with Gasteiger partial charge in [-0.1, -0.05) is 55.0 Å². The Hall–Kier alpha value is -3.28. The highest BCUT2D eigenvalue weighted by atomic mass is 16.5. The van der Waals surface area contributed by atoms with Gasteiger partial charge in [0.2, 0.25) is 0 Å². The summed E-state index contributed by atoms with van der Waals surface area (Å²) in [7, 11) is 3.47. The summed E-state index contributed by atoms with van der Waals surface area (Å²) in [5.74, 6) is 2.54. The number of benzene rings is 3. The molecule has 2 aliphatic rings. The first-order chi connectivity index (χ1) is 18.2. The maximum atomic E-state index is 6.16. The summed E-state index contributed by atoms with van der Waals surface area (Å²) < 4.78 is 17.6. The Labute approximate surface area is 221 Å². The molecule has 0 aliphatic carbocycles. The number of methoxy groups -OCH3 is 2. The second-order valence-corrected chi connectivity index (χ2v) is 9.93. The first-order valence-electron chi connectivity index (χ1n) is 13.4. The monoisotopic (exact) mass is 498 g/mol. The molecule has 37 heavy (non-hydrogen) atoms. The zero-order valence-electron chi connectivity index (χ0n) is 22.0. The lowest BCUT2D eigenvalue weighted by molar-refractivity contribution is 0.218. The Morgan fingerprint density at radius 2 is 1.70 bits per heavy atom. The van der Waals surface area contributed by atoms with Gasteiger partial charge in [0.05, 0.1) is 20.3 Å². The summed E-state index contributed by atoms with van der Waals surface area (Å²) >= 11 is 0. The van der Waals surface area contributed by atoms with Crippen molar-refractivity contribution >= 4 is 6.08 Å². The molecule has 2 aliphatic heterocycles. The standard InChI is InChI=1S/C32H38N2O3/c1-35-30-14-12-24(19-27(30)22-34-17-7-4-8-18-34)11-13-29-28-21-31(36-2)32(20-26(28)15-16-33-29)37-23-25-9-5-3-6-10-25/h3,5-6,9-14,19-21,29,33H,4,7-8,15-18,22-23H2,1-2H3/b13-11+. The topological polar surface area (TPSA) is 43.0 Å². The molecule has 1 fully saturated rings. The predicted octanol–water partition coefficient (Wildman–Crippen LogP) is 6.17. The molecular formula is C32H38N2O3. The lowest BCUT2D eigenvalue weighted by atomic mass is 9.93. The van der Waals surface area contributed by atoms with E-state index in [0.717, 1.165) is 42.3 Å². The van der Waals surface area contributed by atoms with Crippen LogP contribution in [0.2, 0.25) is 0 Å². The first-order valence-corrected chi connectivity index (χ1v) is 13.4. The van der Waals surface area contributed by atoms with Crippen molar-refractivity contribution in [1.82, 2.24) is 10.2 Å². The maximum absolute atomic E-state index is 6.16. The molecule has 1 atom stereocenters. The summed E-state index contributed by atoms with van der Waals surface area (Å²) in [4.78, 5) is 2.54. The van der Waals surface area contributed by atoms with Gasteiger partial charge in [0, 0.05) is 18.7 Å². The van der Waals surface area contributed by atoms with Gasteiger partial charge in [-0.05, 0) is 78.9 Å². The van der Waals surface area contributed by atoms with Crippen LogP contribution in [-0.4, -0.2) is 38.8 Å². The van der Waals surface area contributed by atoms with Crippen LogP contribution in [0, 0.1) is 0 Å². The molecule has 0 radical (unpaired) electrons. The molecular weight excluding hydrogens is 460 g/mol. The second-order valence-electron chi connectivity index (χ2n) is 9.93. The highest BCUT2D eigenvalue weighted by molar-refractivity contribution is 5.56. The number of likely N-dealkylation sites (tertiary alicyclic amines) is 1. The molecule has 5 heteroatoms. The number of nitrogens with one attached hydrogen (secondary N) is 1. The van der Waals surface area contributed by atoms with Crippen molar-refractivity contribution in [3.05, 3.63) is 94.6 Å². The Bertz CT molecular complexity index is 1200. The van der Waals surface area contributed by atoms with Crippen molar-refractivity contribution in [2.24, 2.45) is 0 Å². The average Bonchev–Trinajstić information content (AvgIpc) is 2.95. The van der Waals surface area contributed by atoms with Gasteiger partial charge < -0.3 is 19.5 Å². The van der Waals surface area contributed by atoms with Crippen molar-refractivity contribution in [3.63, 3.8) is 0 Å². The van der Waals surface area contributed by atoms with E-state index in [2.05, 4.69) is 64.8 Å². The Kier molecular flexibility index (Phi) is 8.44. The normalized spacial score (nSPS) is 17.9. The summed E-state index contributed by atoms with van der Waals surface area (Å²) in [6, 6.07) is 21.2. The second kappa shape index (κ2) is 12.3. The summed E-state index contributed by atoms with van der Waals surface area (Å²) in [6.45, 7) is 4.73. The van der Waals surface area contributed by atoms with Gasteiger partial charge in [-0.15, -0.1) is 0 Å². The minimum atomic E-state index is 0.119. The number of hydrogen-bond acceptors (Lipinski definition) is 5. The van der Waals surface area contributed by atoms with Gasteiger partial charge in [-0.25, -0.2) is 0 Å². The van der Waals surface area contributed by atoms with Gasteiger partial charge in [-0.2, -0.15) is 0 Å². The molecule has 3 aromatic rings. The van der Waals surface area contributed by atoms with E-state index in [-0.39, 0.29) is 6.04 Å². The van der Waals surface area contributed by atoms with Gasteiger partial charge >= 0.3 is 0 Å². The molecule has 0 aromatic heterocycles. The van der Waals surface area contributed by atoms with E-state index in [1.165, 1.54) is 54.6 Å². The summed E-state index contributed by atoms with van der Waals surface area (Å²) in [5.41, 5.74) is 6.14. The van der Waals surface area contributed by atoms with Crippen molar-refractivity contribution in [2.75, 3.05) is 33.9 Å². The van der Waals surface area contributed by atoms with Crippen molar-refractivity contribution in [3.8, 4) is 17.2 Å². The summed E-state index contributed by atoms with van der Waals surface area (Å²) in [6.07, 6.45) is 9.37. The molecule has 0 spiro atoms. The molecule has 0 bridgehead atoms. The van der Waals surface area contributed by atoms with Crippen molar-refractivity contribution < 1.29 is 14.2 Å². The van der Waals surface area contributed by atoms with E-state index in [9.17, 15) is 0 Å². The Balaban J connectivity index is 1.33. The van der Waals surface area contributed by atoms with Crippen LogP contribution < -0.4 is 19.5 Å². The summed E-state index contributed by atoms with van der Waals surface area (Å²) in [5, 5.41) is 3.66. The number of rotatable bonds is 9. The van der Waals surface area contributed by atoms with E-state index in [0.29, 0.717) is 6.61 Å². The number of hydrogen-bond donors (Lipinski definition) is 1. The van der Waals surface area contributed by atoms with Crippen LogP contribution in [0.15, 0.2) is 66.7 Å². The molecule has 0 amide bonds. The minimum Gasteiger partial charge on any atom is -0.496 e. The molecule has 1 N–H and O–H groups in total. The lowest BCUT2D eigenvalue weighted by Gasteiger charge is -2.27. The van der Waals surface area contributed by atoms with Crippen LogP contribution in [0.3, 0.4) is 0 Å². The minimum absolute atomic E-state index is 0.119. The van der Waals surface area contributed by atoms with Gasteiger partial charge in [0.1, 0.15) is 12.4 Å². The number of nitrogens with zero attached hydrogens (tertiary/aromatic N) is 1. The van der Waals surface area contributed by atoms with E-state index in [4.69, 9.17) is 14.2 Å². The highest BCUT2D eigenvalue weighted by Crippen LogP contribution is 2.36. The molecule has 5 rings (SSSR count). The van der Waals surface area contributed by atoms with Gasteiger partial charge in [0.25, 0.3) is 0 Å². The lowest BCUT2D eigenvalue weighted by Crippen LogP contribution is -2.29. The number of piperidine rings is 1. The van der Waals surface area contributed by atoms with Crippen LogP contribution in [0.25, 0.3) is 6.08 Å². The van der Waals surface area contributed by atoms with Crippen LogP contribution in [0.1, 0.15) is 53.1 Å². The quantitative estimate of drug-likeness (QED) is 0.382. The SMILES string of the molecule is COc1ccc(/C=C/C2NCCc3cc(OCc4ccccc4)c(OC)cc32)cc1CN1CCCCC1. The van der Waals surface area contributed by atoms with E-state index in [1.807, 2.05) is 18.2 Å². The van der Waals surface area contributed by atoms with E-state index in [1.54, 1.807) is 14.2 Å². The zero-order chi connectivity index (χ0) is 25.5. The number of fused-ring (bicyclic) bond motifs is 1. The zero-order valence-corrected chi connectivity index (χ0v) is 22.0. The third-order valence-electron chi connectivity index (χ3n) is 7.38. The fourth-order valence-electron chi connectivity index (χ4n) is 5.37.